The molecule has 1 amide bonds. The Morgan fingerprint density at radius 3 is 2.72 bits per heavy atom. The molecule has 0 radical (unpaired) electrons. The first-order chi connectivity index (χ1) is 18.9. The summed E-state index contributed by atoms with van der Waals surface area (Å²) in [6.45, 7) is -0.0950. The summed E-state index contributed by atoms with van der Waals surface area (Å²) < 4.78 is 11.2. The van der Waals surface area contributed by atoms with Gasteiger partial charge in [0, 0.05) is 24.6 Å². The first-order valence-corrected chi connectivity index (χ1v) is 12.7. The van der Waals surface area contributed by atoms with Gasteiger partial charge in [-0.2, -0.15) is 0 Å². The van der Waals surface area contributed by atoms with Crippen LogP contribution in [0.1, 0.15) is 33.9 Å². The fraction of sp³-hybridized carbons (Fsp3) is 0.143. The van der Waals surface area contributed by atoms with Gasteiger partial charge >= 0.3 is 5.97 Å². The van der Waals surface area contributed by atoms with E-state index in [1.165, 1.54) is 13.2 Å². The zero-order valence-corrected chi connectivity index (χ0v) is 22.2. The lowest BCUT2D eigenvalue weighted by molar-refractivity contribution is -0.119. The van der Waals surface area contributed by atoms with E-state index in [1.54, 1.807) is 48.7 Å². The van der Waals surface area contributed by atoms with E-state index in [2.05, 4.69) is 15.6 Å². The molecule has 1 aliphatic heterocycles. The van der Waals surface area contributed by atoms with Crippen molar-refractivity contribution in [3.63, 3.8) is 0 Å². The summed E-state index contributed by atoms with van der Waals surface area (Å²) >= 11 is 12.3. The summed E-state index contributed by atoms with van der Waals surface area (Å²) in [7, 11) is 1.44. The lowest BCUT2D eigenvalue weighted by atomic mass is 10.0. The lowest BCUT2D eigenvalue weighted by Crippen LogP contribution is -2.29. The number of amides is 1. The Bertz CT molecular complexity index is 1540. The van der Waals surface area contributed by atoms with Crippen LogP contribution >= 0.6 is 23.8 Å². The average Bonchev–Trinajstić information content (AvgIpc) is 3.55. The van der Waals surface area contributed by atoms with Gasteiger partial charge in [0.05, 0.1) is 28.0 Å². The Hall–Kier alpha value is -4.25. The van der Waals surface area contributed by atoms with E-state index in [4.69, 9.17) is 33.0 Å². The molecule has 0 aliphatic carbocycles. The predicted octanol–water partition coefficient (Wildman–Crippen LogP) is 5.46. The largest absolute Gasteiger partial charge is 0.478 e. The number of carboxylic acids is 1. The number of furan rings is 1. The van der Waals surface area contributed by atoms with Crippen molar-refractivity contribution in [3.05, 3.63) is 101 Å². The number of halogens is 1. The van der Waals surface area contributed by atoms with Crippen molar-refractivity contribution in [1.82, 2.24) is 10.3 Å². The minimum Gasteiger partial charge on any atom is -0.478 e. The molecule has 3 N–H and O–H groups in total. The van der Waals surface area contributed by atoms with Gasteiger partial charge in [0.15, 0.2) is 5.11 Å². The summed E-state index contributed by atoms with van der Waals surface area (Å²) in [5.74, 6) is -0.245. The average molecular weight is 563 g/mol. The molecule has 3 heterocycles. The van der Waals surface area contributed by atoms with Crippen molar-refractivity contribution in [1.29, 1.82) is 0 Å². The second kappa shape index (κ2) is 11.2. The fourth-order valence-corrected chi connectivity index (χ4v) is 5.03. The van der Waals surface area contributed by atoms with E-state index in [0.717, 1.165) is 5.69 Å². The van der Waals surface area contributed by atoms with Crippen LogP contribution in [0.4, 0.5) is 11.4 Å². The van der Waals surface area contributed by atoms with Crippen LogP contribution in [0.3, 0.4) is 0 Å². The number of benzene rings is 2. The van der Waals surface area contributed by atoms with Crippen LogP contribution in [0, 0.1) is 0 Å². The topological polar surface area (TPSA) is 117 Å². The molecule has 5 rings (SSSR count). The van der Waals surface area contributed by atoms with Crippen molar-refractivity contribution in [3.8, 4) is 11.3 Å². The highest BCUT2D eigenvalue weighted by molar-refractivity contribution is 7.80. The van der Waals surface area contributed by atoms with E-state index in [1.807, 2.05) is 29.2 Å². The van der Waals surface area contributed by atoms with E-state index < -0.39 is 12.0 Å². The van der Waals surface area contributed by atoms with Gasteiger partial charge < -0.3 is 29.8 Å². The van der Waals surface area contributed by atoms with Crippen molar-refractivity contribution < 1.29 is 23.8 Å². The minimum atomic E-state index is -1.02. The van der Waals surface area contributed by atoms with Gasteiger partial charge in [0.25, 0.3) is 0 Å². The summed E-state index contributed by atoms with van der Waals surface area (Å²) in [4.78, 5) is 29.9. The molecule has 198 valence electrons. The minimum absolute atomic E-state index is 0.0950. The molecule has 9 nitrogen and oxygen atoms in total. The third-order valence-electron chi connectivity index (χ3n) is 6.19. The van der Waals surface area contributed by atoms with Crippen LogP contribution < -0.4 is 15.5 Å². The van der Waals surface area contributed by atoms with Crippen molar-refractivity contribution >= 4 is 52.2 Å². The fourth-order valence-electron chi connectivity index (χ4n) is 4.47. The number of pyridine rings is 1. The lowest BCUT2D eigenvalue weighted by Gasteiger charge is -2.26. The standard InChI is InChI=1S/C28H23ClN4O5S/c1-37-15-24(34)31-20-9-8-18(14-19(20)29)33-26(25(32-28(33)39)21-7-2-3-12-30-21)23-11-10-22(38-23)16-5-4-6-17(13-16)27(35)36/h2-14,25-26H,15H2,1H3,(H,31,34)(H,32,39)(H,35,36)/t25-,26-/m0/s1. The number of carbonyl (C=O) groups is 2. The molecule has 11 heteroatoms. The van der Waals surface area contributed by atoms with Crippen LogP contribution in [0.5, 0.6) is 0 Å². The number of methoxy groups -OCH3 is 1. The van der Waals surface area contributed by atoms with Gasteiger partial charge in [-0.3, -0.25) is 9.78 Å². The molecule has 0 bridgehead atoms. The van der Waals surface area contributed by atoms with Crippen LogP contribution in [-0.4, -0.2) is 40.8 Å². The number of carbonyl (C=O) groups excluding carboxylic acids is 1. The number of anilines is 2. The first-order valence-electron chi connectivity index (χ1n) is 11.9. The maximum atomic E-state index is 12.0. The monoisotopic (exact) mass is 562 g/mol. The van der Waals surface area contributed by atoms with E-state index in [0.29, 0.717) is 38.6 Å². The number of nitrogens with one attached hydrogen (secondary N) is 2. The van der Waals surface area contributed by atoms with Gasteiger partial charge in [0.2, 0.25) is 5.91 Å². The summed E-state index contributed by atoms with van der Waals surface area (Å²) in [6, 6.07) is 20.2. The van der Waals surface area contributed by atoms with E-state index in [-0.39, 0.29) is 24.1 Å². The number of hydrogen-bond acceptors (Lipinski definition) is 6. The third-order valence-corrected chi connectivity index (χ3v) is 6.82. The van der Waals surface area contributed by atoms with Gasteiger partial charge in [-0.1, -0.05) is 29.8 Å². The molecule has 2 aromatic carbocycles. The highest BCUT2D eigenvalue weighted by Crippen LogP contribution is 2.44. The highest BCUT2D eigenvalue weighted by Gasteiger charge is 2.42. The number of ether oxygens (including phenoxy) is 1. The number of carboxylic acid groups (broad SMARTS) is 1. The second-order valence-electron chi connectivity index (χ2n) is 8.73. The van der Waals surface area contributed by atoms with Crippen molar-refractivity contribution in [2.24, 2.45) is 0 Å². The Morgan fingerprint density at radius 2 is 2.00 bits per heavy atom. The second-order valence-corrected chi connectivity index (χ2v) is 9.52. The maximum absolute atomic E-state index is 12.0. The van der Waals surface area contributed by atoms with Gasteiger partial charge in [0.1, 0.15) is 24.2 Å². The summed E-state index contributed by atoms with van der Waals surface area (Å²) in [6.07, 6.45) is 1.71. The molecule has 0 spiro atoms. The van der Waals surface area contributed by atoms with E-state index in [9.17, 15) is 14.7 Å². The Morgan fingerprint density at radius 1 is 1.15 bits per heavy atom. The molecule has 1 aliphatic rings. The molecule has 4 aromatic rings. The SMILES string of the molecule is COCC(=O)Nc1ccc(N2C(=S)N[C@@H](c3ccccn3)[C@@H]2c2ccc(-c3cccc(C(=O)O)c3)o2)cc1Cl. The van der Waals surface area contributed by atoms with Crippen LogP contribution in [-0.2, 0) is 9.53 Å². The summed E-state index contributed by atoms with van der Waals surface area (Å²) in [5, 5.41) is 16.2. The third kappa shape index (κ3) is 5.49. The number of rotatable bonds is 8. The van der Waals surface area contributed by atoms with Gasteiger partial charge in [-0.25, -0.2) is 4.79 Å². The number of nitrogens with zero attached hydrogens (tertiary/aromatic N) is 2. The highest BCUT2D eigenvalue weighted by atomic mass is 35.5. The van der Waals surface area contributed by atoms with E-state index >= 15 is 0 Å². The van der Waals surface area contributed by atoms with Crippen LogP contribution in [0.25, 0.3) is 11.3 Å². The smallest absolute Gasteiger partial charge is 0.335 e. The van der Waals surface area contributed by atoms with Gasteiger partial charge in [-0.05, 0) is 66.8 Å². The zero-order chi connectivity index (χ0) is 27.5. The molecule has 0 unspecified atom stereocenters. The quantitative estimate of drug-likeness (QED) is 0.241. The predicted molar refractivity (Wildman–Crippen MR) is 151 cm³/mol. The Balaban J connectivity index is 1.54. The van der Waals surface area contributed by atoms with Crippen molar-refractivity contribution in [2.45, 2.75) is 12.1 Å². The number of aromatic nitrogens is 1. The van der Waals surface area contributed by atoms with Gasteiger partial charge in [-0.15, -0.1) is 0 Å². The maximum Gasteiger partial charge on any atom is 0.335 e. The molecule has 0 saturated carbocycles. The molecule has 39 heavy (non-hydrogen) atoms. The molecule has 2 aromatic heterocycles. The normalized spacial score (nSPS) is 16.7. The molecule has 1 saturated heterocycles. The summed E-state index contributed by atoms with van der Waals surface area (Å²) in [5.41, 5.74) is 2.67. The first kappa shape index (κ1) is 26.4. The number of aromatic carboxylic acids is 1. The number of hydrogen-bond donors (Lipinski definition) is 3. The molecule has 2 atom stereocenters. The van der Waals surface area contributed by atoms with Crippen LogP contribution in [0.2, 0.25) is 5.02 Å². The number of thiocarbonyl (C=S) groups is 1. The molecular formula is C28H23ClN4O5S. The van der Waals surface area contributed by atoms with Crippen molar-refractivity contribution in [2.75, 3.05) is 23.9 Å². The zero-order valence-electron chi connectivity index (χ0n) is 20.6. The Labute approximate surface area is 234 Å². The van der Waals surface area contributed by atoms with Crippen LogP contribution in [0.15, 0.2) is 83.4 Å². The molecular weight excluding hydrogens is 540 g/mol. The molecule has 1 fully saturated rings. The Kier molecular flexibility index (Phi) is 7.60.